The van der Waals surface area contributed by atoms with E-state index in [1.165, 1.54) is 54.5 Å². The molecule has 0 aromatic heterocycles. The Morgan fingerprint density at radius 2 is 1.88 bits per heavy atom. The molecule has 2 aliphatic rings. The van der Waals surface area contributed by atoms with E-state index in [2.05, 4.69) is 46.0 Å². The van der Waals surface area contributed by atoms with Crippen LogP contribution >= 0.6 is 15.9 Å². The molecular formula is C14H18BrN. The molecule has 0 unspecified atom stereocenters. The van der Waals surface area contributed by atoms with E-state index >= 15 is 0 Å². The van der Waals surface area contributed by atoms with Crippen LogP contribution in [0.3, 0.4) is 0 Å². The van der Waals surface area contributed by atoms with Crippen molar-refractivity contribution in [3.63, 3.8) is 0 Å². The lowest BCUT2D eigenvalue weighted by molar-refractivity contribution is 0.221. The van der Waals surface area contributed by atoms with Crippen LogP contribution in [-0.2, 0) is 0 Å². The Morgan fingerprint density at radius 3 is 2.56 bits per heavy atom. The summed E-state index contributed by atoms with van der Waals surface area (Å²) < 4.78 is 1.24. The topological polar surface area (TPSA) is 3.24 Å². The van der Waals surface area contributed by atoms with Crippen molar-refractivity contribution in [2.45, 2.75) is 32.6 Å². The minimum absolute atomic E-state index is 0.684. The van der Waals surface area contributed by atoms with E-state index in [-0.39, 0.29) is 0 Å². The number of hydrogen-bond donors (Lipinski definition) is 0. The van der Waals surface area contributed by atoms with Crippen LogP contribution in [0.1, 0.15) is 31.2 Å². The number of aryl methyl sites for hydroxylation is 1. The van der Waals surface area contributed by atoms with Crippen molar-refractivity contribution < 1.29 is 0 Å². The number of anilines is 1. The molecule has 0 amide bonds. The third kappa shape index (κ3) is 1.67. The quantitative estimate of drug-likeness (QED) is 0.747. The van der Waals surface area contributed by atoms with Crippen molar-refractivity contribution in [1.29, 1.82) is 0 Å². The van der Waals surface area contributed by atoms with Crippen LogP contribution < -0.4 is 4.90 Å². The van der Waals surface area contributed by atoms with Gasteiger partial charge in [-0.15, -0.1) is 0 Å². The molecule has 2 fully saturated rings. The van der Waals surface area contributed by atoms with Crippen LogP contribution in [0.5, 0.6) is 0 Å². The normalized spacial score (nSPS) is 22.5. The standard InChI is InChI=1S/C14H18BrN/c1-11-4-5-12(15)13(8-11)16-9-14(10-16)6-2-3-7-14/h4-5,8H,2-3,6-7,9-10H2,1H3. The van der Waals surface area contributed by atoms with Gasteiger partial charge >= 0.3 is 0 Å². The molecule has 16 heavy (non-hydrogen) atoms. The summed E-state index contributed by atoms with van der Waals surface area (Å²) in [7, 11) is 0. The number of rotatable bonds is 1. The molecule has 1 nitrogen and oxygen atoms in total. The van der Waals surface area contributed by atoms with Crippen LogP contribution in [0.2, 0.25) is 0 Å². The van der Waals surface area contributed by atoms with Gasteiger partial charge in [0.2, 0.25) is 0 Å². The smallest absolute Gasteiger partial charge is 0.0513 e. The van der Waals surface area contributed by atoms with Gasteiger partial charge in [0.05, 0.1) is 5.69 Å². The van der Waals surface area contributed by atoms with Gasteiger partial charge in [-0.2, -0.15) is 0 Å². The first kappa shape index (κ1) is 10.6. The highest BCUT2D eigenvalue weighted by Gasteiger charge is 2.44. The van der Waals surface area contributed by atoms with Crippen molar-refractivity contribution in [1.82, 2.24) is 0 Å². The summed E-state index contributed by atoms with van der Waals surface area (Å²) in [5.41, 5.74) is 3.42. The highest BCUT2D eigenvalue weighted by molar-refractivity contribution is 9.10. The average Bonchev–Trinajstić information content (AvgIpc) is 2.68. The fraction of sp³-hybridized carbons (Fsp3) is 0.571. The van der Waals surface area contributed by atoms with E-state index in [4.69, 9.17) is 0 Å². The monoisotopic (exact) mass is 279 g/mol. The number of benzene rings is 1. The first-order valence-electron chi connectivity index (χ1n) is 6.20. The number of hydrogen-bond acceptors (Lipinski definition) is 1. The van der Waals surface area contributed by atoms with Crippen LogP contribution in [0.25, 0.3) is 0 Å². The van der Waals surface area contributed by atoms with Gasteiger partial charge in [-0.25, -0.2) is 0 Å². The van der Waals surface area contributed by atoms with Gasteiger partial charge in [-0.05, 0) is 53.4 Å². The van der Waals surface area contributed by atoms with E-state index in [1.54, 1.807) is 0 Å². The highest BCUT2D eigenvalue weighted by Crippen LogP contribution is 2.48. The van der Waals surface area contributed by atoms with Crippen LogP contribution in [0.15, 0.2) is 22.7 Å². The summed E-state index contributed by atoms with van der Waals surface area (Å²) in [5, 5.41) is 0. The second kappa shape index (κ2) is 3.76. The Bertz CT molecular complexity index is 399. The molecule has 1 aliphatic heterocycles. The van der Waals surface area contributed by atoms with E-state index < -0.39 is 0 Å². The zero-order valence-electron chi connectivity index (χ0n) is 9.80. The van der Waals surface area contributed by atoms with Crippen molar-refractivity contribution in [2.75, 3.05) is 18.0 Å². The molecule has 1 aliphatic carbocycles. The molecule has 1 heterocycles. The van der Waals surface area contributed by atoms with Gasteiger partial charge in [0.25, 0.3) is 0 Å². The Hall–Kier alpha value is -0.500. The number of halogens is 1. The van der Waals surface area contributed by atoms with Crippen molar-refractivity contribution in [3.8, 4) is 0 Å². The van der Waals surface area contributed by atoms with Gasteiger partial charge in [0.1, 0.15) is 0 Å². The van der Waals surface area contributed by atoms with Crippen molar-refractivity contribution in [2.24, 2.45) is 5.41 Å². The van der Waals surface area contributed by atoms with E-state index in [0.717, 1.165) is 0 Å². The molecule has 1 saturated carbocycles. The zero-order valence-corrected chi connectivity index (χ0v) is 11.4. The summed E-state index contributed by atoms with van der Waals surface area (Å²) in [6.07, 6.45) is 5.80. The molecule has 2 heteroatoms. The van der Waals surface area contributed by atoms with E-state index in [1.807, 2.05) is 0 Å². The molecular weight excluding hydrogens is 262 g/mol. The molecule has 1 saturated heterocycles. The second-order valence-electron chi connectivity index (χ2n) is 5.52. The van der Waals surface area contributed by atoms with Gasteiger partial charge in [-0.1, -0.05) is 18.9 Å². The third-order valence-corrected chi connectivity index (χ3v) is 4.83. The van der Waals surface area contributed by atoms with Crippen molar-refractivity contribution in [3.05, 3.63) is 28.2 Å². The van der Waals surface area contributed by atoms with Gasteiger partial charge in [0.15, 0.2) is 0 Å². The number of nitrogens with zero attached hydrogens (tertiary/aromatic N) is 1. The molecule has 1 aromatic carbocycles. The highest BCUT2D eigenvalue weighted by atomic mass is 79.9. The maximum Gasteiger partial charge on any atom is 0.0513 e. The Morgan fingerprint density at radius 1 is 1.19 bits per heavy atom. The molecule has 0 bridgehead atoms. The van der Waals surface area contributed by atoms with Gasteiger partial charge in [0, 0.05) is 23.0 Å². The first-order chi connectivity index (χ1) is 7.69. The van der Waals surface area contributed by atoms with Crippen LogP contribution in [0, 0.1) is 12.3 Å². The Balaban J connectivity index is 1.78. The maximum absolute atomic E-state index is 3.66. The molecule has 1 spiro atoms. The molecule has 3 rings (SSSR count). The molecule has 86 valence electrons. The summed E-state index contributed by atoms with van der Waals surface area (Å²) >= 11 is 3.66. The zero-order chi connectivity index (χ0) is 11.2. The molecule has 0 radical (unpaired) electrons. The maximum atomic E-state index is 3.66. The third-order valence-electron chi connectivity index (χ3n) is 4.16. The van der Waals surface area contributed by atoms with E-state index in [9.17, 15) is 0 Å². The minimum atomic E-state index is 0.684. The van der Waals surface area contributed by atoms with Gasteiger partial charge < -0.3 is 4.90 Å². The van der Waals surface area contributed by atoms with Crippen LogP contribution in [-0.4, -0.2) is 13.1 Å². The van der Waals surface area contributed by atoms with Gasteiger partial charge in [-0.3, -0.25) is 0 Å². The summed E-state index contributed by atoms with van der Waals surface area (Å²) in [4.78, 5) is 2.53. The van der Waals surface area contributed by atoms with E-state index in [0.29, 0.717) is 5.41 Å². The predicted octanol–water partition coefficient (Wildman–Crippen LogP) is 4.14. The van der Waals surface area contributed by atoms with Crippen LogP contribution in [0.4, 0.5) is 5.69 Å². The van der Waals surface area contributed by atoms with Crippen molar-refractivity contribution >= 4 is 21.6 Å². The Labute approximate surface area is 106 Å². The average molecular weight is 280 g/mol. The second-order valence-corrected chi connectivity index (χ2v) is 6.37. The molecule has 1 aromatic rings. The fourth-order valence-corrected chi connectivity index (χ4v) is 3.74. The fourth-order valence-electron chi connectivity index (χ4n) is 3.24. The first-order valence-corrected chi connectivity index (χ1v) is 6.99. The summed E-state index contributed by atoms with van der Waals surface area (Å²) in [6.45, 7) is 4.71. The lowest BCUT2D eigenvalue weighted by Gasteiger charge is -2.50. The molecule has 0 N–H and O–H groups in total. The lowest BCUT2D eigenvalue weighted by atomic mass is 9.78. The lowest BCUT2D eigenvalue weighted by Crippen LogP contribution is -2.55. The SMILES string of the molecule is Cc1ccc(Br)c(N2CC3(CCCC3)C2)c1. The summed E-state index contributed by atoms with van der Waals surface area (Å²) in [6, 6.07) is 6.63. The Kier molecular flexibility index (Phi) is 2.50. The largest absolute Gasteiger partial charge is 0.369 e. The molecule has 0 atom stereocenters. The summed E-state index contributed by atoms with van der Waals surface area (Å²) in [5.74, 6) is 0. The predicted molar refractivity (Wildman–Crippen MR) is 72.0 cm³/mol. The minimum Gasteiger partial charge on any atom is -0.369 e.